The Morgan fingerprint density at radius 2 is 1.33 bits per heavy atom. The summed E-state index contributed by atoms with van der Waals surface area (Å²) in [5.74, 6) is -1.96. The number of nitrogens with zero attached hydrogens (tertiary/aromatic N) is 4. The van der Waals surface area contributed by atoms with Crippen LogP contribution in [0.3, 0.4) is 0 Å². The molecule has 2 amide bonds. The van der Waals surface area contributed by atoms with Crippen LogP contribution in [0.1, 0.15) is 0 Å². The lowest BCUT2D eigenvalue weighted by atomic mass is 10.0. The molecule has 2 heterocycles. The number of amides is 2. The van der Waals surface area contributed by atoms with E-state index in [9.17, 15) is 9.59 Å². The molecule has 0 bridgehead atoms. The molecular weight excluding hydrogens is 537 g/mol. The number of hydrogen-bond acceptors (Lipinski definition) is 7. The van der Waals surface area contributed by atoms with Crippen LogP contribution in [0.2, 0.25) is 10.0 Å². The number of nitrogens with one attached hydrogen (secondary N) is 1. The summed E-state index contributed by atoms with van der Waals surface area (Å²) >= 11 is 19.0. The highest BCUT2D eigenvalue weighted by Crippen LogP contribution is 2.31. The van der Waals surface area contributed by atoms with Gasteiger partial charge < -0.3 is 5.32 Å². The van der Waals surface area contributed by atoms with Crippen LogP contribution in [-0.4, -0.2) is 33.7 Å². The van der Waals surface area contributed by atoms with Gasteiger partial charge in [-0.2, -0.15) is 0 Å². The van der Waals surface area contributed by atoms with E-state index in [0.29, 0.717) is 26.6 Å². The quantitative estimate of drug-likeness (QED) is 0.236. The maximum absolute atomic E-state index is 13.6. The average Bonchev–Trinajstić information content (AvgIpc) is 3.36. The largest absolute Gasteiger partial charge is 0.359 e. The first-order valence-electron chi connectivity index (χ1n) is 10.8. The predicted molar refractivity (Wildman–Crippen MR) is 148 cm³/mol. The number of carbonyl (C=O) groups excluding carboxylic acids is 2. The second-order valence-electron chi connectivity index (χ2n) is 7.79. The summed E-state index contributed by atoms with van der Waals surface area (Å²) in [6.07, 6.45) is 0. The van der Waals surface area contributed by atoms with Gasteiger partial charge in [-0.3, -0.25) is 19.4 Å². The molecule has 36 heavy (non-hydrogen) atoms. The standard InChI is InChI=1S/C25H17Cl2N5O2S2/c26-16-6-10-18(11-7-16)31-22(33)20(23(34)32(25(31)35)19-12-8-17(27)9-13-19)14-28-24-30-29-21(36-24)15-4-2-1-3-5-15/h1-13,20H,14H2,(H,28,30). The molecule has 0 aliphatic carbocycles. The van der Waals surface area contributed by atoms with Crippen molar-refractivity contribution in [2.45, 2.75) is 0 Å². The zero-order valence-electron chi connectivity index (χ0n) is 18.5. The Kier molecular flexibility index (Phi) is 6.97. The van der Waals surface area contributed by atoms with Gasteiger partial charge in [0.05, 0.1) is 11.4 Å². The van der Waals surface area contributed by atoms with Crippen molar-refractivity contribution in [1.82, 2.24) is 10.2 Å². The zero-order chi connectivity index (χ0) is 25.2. The summed E-state index contributed by atoms with van der Waals surface area (Å²) in [6.45, 7) is 0.0118. The van der Waals surface area contributed by atoms with Crippen LogP contribution in [0.5, 0.6) is 0 Å². The first-order chi connectivity index (χ1) is 17.4. The molecule has 1 aromatic heterocycles. The SMILES string of the molecule is O=C1C(CNc2nnc(-c3ccccc3)s2)C(=O)N(c2ccc(Cl)cc2)C(=S)N1c1ccc(Cl)cc1. The van der Waals surface area contributed by atoms with Gasteiger partial charge in [0.25, 0.3) is 0 Å². The molecule has 3 aromatic carbocycles. The van der Waals surface area contributed by atoms with Crippen LogP contribution < -0.4 is 15.1 Å². The van der Waals surface area contributed by atoms with Crippen LogP contribution >= 0.6 is 46.8 Å². The van der Waals surface area contributed by atoms with Gasteiger partial charge in [-0.15, -0.1) is 10.2 Å². The minimum absolute atomic E-state index is 0.0118. The smallest absolute Gasteiger partial charge is 0.247 e. The Hall–Kier alpha value is -3.37. The summed E-state index contributed by atoms with van der Waals surface area (Å²) in [4.78, 5) is 29.9. The van der Waals surface area contributed by atoms with E-state index < -0.39 is 17.7 Å². The van der Waals surface area contributed by atoms with Crippen LogP contribution in [0.4, 0.5) is 16.5 Å². The highest BCUT2D eigenvalue weighted by molar-refractivity contribution is 7.81. The van der Waals surface area contributed by atoms with Crippen molar-refractivity contribution in [2.24, 2.45) is 5.92 Å². The monoisotopic (exact) mass is 553 g/mol. The lowest BCUT2D eigenvalue weighted by molar-refractivity contribution is -0.131. The Bertz CT molecular complexity index is 1360. The average molecular weight is 554 g/mol. The molecule has 7 nitrogen and oxygen atoms in total. The van der Waals surface area contributed by atoms with E-state index in [4.69, 9.17) is 35.4 Å². The van der Waals surface area contributed by atoms with Crippen molar-refractivity contribution in [3.63, 3.8) is 0 Å². The van der Waals surface area contributed by atoms with Crippen molar-refractivity contribution in [1.29, 1.82) is 0 Å². The Balaban J connectivity index is 1.45. The minimum atomic E-state index is -1.06. The van der Waals surface area contributed by atoms with E-state index in [0.717, 1.165) is 10.6 Å². The van der Waals surface area contributed by atoms with Gasteiger partial charge in [-0.05, 0) is 60.7 Å². The molecule has 4 aromatic rings. The molecule has 1 aliphatic rings. The number of thiocarbonyl (C=S) groups is 1. The molecule has 11 heteroatoms. The third-order valence-corrected chi connectivity index (χ3v) is 7.29. The summed E-state index contributed by atoms with van der Waals surface area (Å²) in [5, 5.41) is 13.8. The van der Waals surface area contributed by atoms with Gasteiger partial charge in [0.2, 0.25) is 16.9 Å². The van der Waals surface area contributed by atoms with Gasteiger partial charge in [0.15, 0.2) is 5.11 Å². The van der Waals surface area contributed by atoms with Gasteiger partial charge in [-0.1, -0.05) is 64.9 Å². The van der Waals surface area contributed by atoms with Crippen molar-refractivity contribution >= 4 is 80.2 Å². The van der Waals surface area contributed by atoms with E-state index >= 15 is 0 Å². The molecule has 180 valence electrons. The number of aromatic nitrogens is 2. The van der Waals surface area contributed by atoms with Crippen LogP contribution in [-0.2, 0) is 9.59 Å². The van der Waals surface area contributed by atoms with Crippen molar-refractivity contribution in [3.8, 4) is 10.6 Å². The van der Waals surface area contributed by atoms with Gasteiger partial charge in [0, 0.05) is 22.2 Å². The Morgan fingerprint density at radius 1 is 0.806 bits per heavy atom. The van der Waals surface area contributed by atoms with E-state index in [1.807, 2.05) is 30.3 Å². The maximum atomic E-state index is 13.6. The molecule has 0 atom stereocenters. The van der Waals surface area contributed by atoms with Crippen molar-refractivity contribution in [2.75, 3.05) is 21.7 Å². The van der Waals surface area contributed by atoms with Gasteiger partial charge >= 0.3 is 0 Å². The summed E-state index contributed by atoms with van der Waals surface area (Å²) in [7, 11) is 0. The van der Waals surface area contributed by atoms with E-state index in [-0.39, 0.29) is 11.7 Å². The molecule has 0 saturated carbocycles. The van der Waals surface area contributed by atoms with Crippen molar-refractivity contribution < 1.29 is 9.59 Å². The highest BCUT2D eigenvalue weighted by atomic mass is 35.5. The van der Waals surface area contributed by atoms with Crippen molar-refractivity contribution in [3.05, 3.63) is 88.9 Å². The number of carbonyl (C=O) groups is 2. The number of hydrogen-bond donors (Lipinski definition) is 1. The molecule has 1 aliphatic heterocycles. The first-order valence-corrected chi connectivity index (χ1v) is 12.8. The van der Waals surface area contributed by atoms with Crippen LogP contribution in [0.15, 0.2) is 78.9 Å². The molecule has 1 fully saturated rings. The number of halogens is 2. The molecular formula is C25H17Cl2N5O2S2. The predicted octanol–water partition coefficient (Wildman–Crippen LogP) is 5.90. The lowest BCUT2D eigenvalue weighted by Crippen LogP contribution is -2.61. The first kappa shape index (κ1) is 24.3. The van der Waals surface area contributed by atoms with Crippen LogP contribution in [0.25, 0.3) is 10.6 Å². The van der Waals surface area contributed by atoms with Gasteiger partial charge in [-0.25, -0.2) is 0 Å². The fourth-order valence-electron chi connectivity index (χ4n) is 3.72. The summed E-state index contributed by atoms with van der Waals surface area (Å²) < 4.78 is 0. The highest BCUT2D eigenvalue weighted by Gasteiger charge is 2.45. The molecule has 0 radical (unpaired) electrons. The lowest BCUT2D eigenvalue weighted by Gasteiger charge is -2.39. The van der Waals surface area contributed by atoms with E-state index in [1.54, 1.807) is 48.5 Å². The molecule has 0 spiro atoms. The third kappa shape index (κ3) is 4.83. The molecule has 0 unspecified atom stereocenters. The molecule has 1 saturated heterocycles. The number of rotatable bonds is 6. The maximum Gasteiger partial charge on any atom is 0.247 e. The second-order valence-corrected chi connectivity index (χ2v) is 10.0. The normalized spacial score (nSPS) is 14.4. The number of anilines is 3. The summed E-state index contributed by atoms with van der Waals surface area (Å²) in [6, 6.07) is 23.0. The molecule has 1 N–H and O–H groups in total. The fourth-order valence-corrected chi connectivity index (χ4v) is 5.12. The Labute approximate surface area is 226 Å². The Morgan fingerprint density at radius 3 is 1.86 bits per heavy atom. The minimum Gasteiger partial charge on any atom is -0.359 e. The number of benzene rings is 3. The third-order valence-electron chi connectivity index (χ3n) is 5.49. The zero-order valence-corrected chi connectivity index (χ0v) is 21.6. The topological polar surface area (TPSA) is 78.4 Å². The molecule has 5 rings (SSSR count). The van der Waals surface area contributed by atoms with Gasteiger partial charge in [0.1, 0.15) is 10.9 Å². The van der Waals surface area contributed by atoms with E-state index in [1.165, 1.54) is 21.1 Å². The van der Waals surface area contributed by atoms with E-state index in [2.05, 4.69) is 15.5 Å². The van der Waals surface area contributed by atoms with Crippen LogP contribution in [0, 0.1) is 5.92 Å². The second kappa shape index (κ2) is 10.3. The fraction of sp³-hybridized carbons (Fsp3) is 0.0800. The summed E-state index contributed by atoms with van der Waals surface area (Å²) in [5.41, 5.74) is 1.95.